The number of halogens is 2. The van der Waals surface area contributed by atoms with E-state index in [1.165, 1.54) is 6.07 Å². The summed E-state index contributed by atoms with van der Waals surface area (Å²) in [6.45, 7) is 4.47. The lowest BCUT2D eigenvalue weighted by Crippen LogP contribution is -2.35. The molecule has 0 aliphatic carbocycles. The maximum absolute atomic E-state index is 13.9. The van der Waals surface area contributed by atoms with E-state index in [0.717, 1.165) is 56.2 Å². The van der Waals surface area contributed by atoms with Gasteiger partial charge in [-0.15, -0.1) is 0 Å². The molecule has 1 aliphatic rings. The van der Waals surface area contributed by atoms with Crippen LogP contribution in [0, 0.1) is 11.6 Å². The molecule has 0 spiro atoms. The summed E-state index contributed by atoms with van der Waals surface area (Å²) < 4.78 is 37.5. The fourth-order valence-corrected chi connectivity index (χ4v) is 3.10. The Hall–Kier alpha value is -2.84. The summed E-state index contributed by atoms with van der Waals surface area (Å²) in [5.74, 6) is -0.977. The summed E-state index contributed by atoms with van der Waals surface area (Å²) in [7, 11) is 0. The number of nitrogens with zero attached hydrogens (tertiary/aromatic N) is 3. The lowest BCUT2D eigenvalue weighted by atomic mass is 10.1. The molecule has 2 aromatic carbocycles. The summed E-state index contributed by atoms with van der Waals surface area (Å²) in [6.07, 6.45) is 0. The van der Waals surface area contributed by atoms with Gasteiger partial charge < -0.3 is 14.6 Å². The number of rotatable bonds is 6. The second-order valence-electron chi connectivity index (χ2n) is 6.54. The Morgan fingerprint density at radius 3 is 2.71 bits per heavy atom. The van der Waals surface area contributed by atoms with Crippen molar-refractivity contribution < 1.29 is 18.0 Å². The summed E-state index contributed by atoms with van der Waals surface area (Å²) in [5.41, 5.74) is 2.22. The average Bonchev–Trinajstić information content (AvgIpc) is 3.17. The Labute approximate surface area is 161 Å². The molecular formula is C20H20F2N4O2. The zero-order valence-corrected chi connectivity index (χ0v) is 15.2. The highest BCUT2D eigenvalue weighted by Crippen LogP contribution is 2.23. The quantitative estimate of drug-likeness (QED) is 0.700. The van der Waals surface area contributed by atoms with Crippen LogP contribution in [0.25, 0.3) is 11.5 Å². The van der Waals surface area contributed by atoms with E-state index in [1.807, 2.05) is 18.2 Å². The van der Waals surface area contributed by atoms with Gasteiger partial charge in [0.05, 0.1) is 25.3 Å². The number of para-hydroxylation sites is 1. The first-order valence-electron chi connectivity index (χ1n) is 9.09. The van der Waals surface area contributed by atoms with Crippen LogP contribution in [0.3, 0.4) is 0 Å². The van der Waals surface area contributed by atoms with Crippen LogP contribution < -0.4 is 5.32 Å². The second-order valence-corrected chi connectivity index (χ2v) is 6.54. The Bertz CT molecular complexity index is 941. The van der Waals surface area contributed by atoms with Crippen molar-refractivity contribution in [2.75, 3.05) is 31.6 Å². The van der Waals surface area contributed by atoms with Gasteiger partial charge in [0.15, 0.2) is 5.82 Å². The van der Waals surface area contributed by atoms with E-state index < -0.39 is 11.6 Å². The van der Waals surface area contributed by atoms with Crippen molar-refractivity contribution in [3.63, 3.8) is 0 Å². The van der Waals surface area contributed by atoms with Crippen molar-refractivity contribution in [1.82, 2.24) is 15.0 Å². The van der Waals surface area contributed by atoms with Crippen molar-refractivity contribution in [3.8, 4) is 11.5 Å². The number of ether oxygens (including phenoxy) is 1. The van der Waals surface area contributed by atoms with Gasteiger partial charge in [0, 0.05) is 31.4 Å². The zero-order valence-electron chi connectivity index (χ0n) is 15.2. The van der Waals surface area contributed by atoms with Crippen LogP contribution in [0.4, 0.5) is 14.5 Å². The first kappa shape index (κ1) is 18.5. The van der Waals surface area contributed by atoms with E-state index in [4.69, 9.17) is 9.26 Å². The Morgan fingerprint density at radius 1 is 1.07 bits per heavy atom. The molecule has 6 nitrogen and oxygen atoms in total. The van der Waals surface area contributed by atoms with Crippen molar-refractivity contribution in [2.24, 2.45) is 0 Å². The molecule has 0 bridgehead atoms. The third-order valence-electron chi connectivity index (χ3n) is 4.58. The summed E-state index contributed by atoms with van der Waals surface area (Å²) in [4.78, 5) is 6.54. The van der Waals surface area contributed by atoms with Gasteiger partial charge in [-0.3, -0.25) is 4.90 Å². The molecule has 1 aromatic heterocycles. The Morgan fingerprint density at radius 2 is 1.89 bits per heavy atom. The predicted molar refractivity (Wildman–Crippen MR) is 99.5 cm³/mol. The van der Waals surface area contributed by atoms with Crippen LogP contribution >= 0.6 is 0 Å². The average molecular weight is 386 g/mol. The highest BCUT2D eigenvalue weighted by molar-refractivity contribution is 5.54. The van der Waals surface area contributed by atoms with Crippen molar-refractivity contribution >= 4 is 5.69 Å². The standard InChI is InChI=1S/C20H20F2N4O2/c21-15-5-6-16(17(22)11-15)20-24-19(25-28-20)12-23-18-4-2-1-3-14(18)13-26-7-9-27-10-8-26/h1-6,11,23H,7-10,12-13H2. The molecule has 0 unspecified atom stereocenters. The van der Waals surface area contributed by atoms with Gasteiger partial charge in [-0.25, -0.2) is 8.78 Å². The second kappa shape index (κ2) is 8.45. The van der Waals surface area contributed by atoms with Crippen LogP contribution in [0.1, 0.15) is 11.4 Å². The maximum atomic E-state index is 13.9. The number of nitrogens with one attached hydrogen (secondary N) is 1. The topological polar surface area (TPSA) is 63.4 Å². The zero-order chi connectivity index (χ0) is 19.3. The molecule has 2 heterocycles. The van der Waals surface area contributed by atoms with E-state index in [9.17, 15) is 8.78 Å². The van der Waals surface area contributed by atoms with Gasteiger partial charge in [-0.1, -0.05) is 23.4 Å². The lowest BCUT2D eigenvalue weighted by Gasteiger charge is -2.27. The maximum Gasteiger partial charge on any atom is 0.260 e. The van der Waals surface area contributed by atoms with Crippen LogP contribution in [-0.4, -0.2) is 41.3 Å². The molecule has 1 N–H and O–H groups in total. The highest BCUT2D eigenvalue weighted by Gasteiger charge is 2.15. The molecule has 1 aliphatic heterocycles. The predicted octanol–water partition coefficient (Wildman–Crippen LogP) is 3.46. The molecule has 8 heteroatoms. The van der Waals surface area contributed by atoms with Crippen LogP contribution in [0.15, 0.2) is 47.0 Å². The summed E-state index contributed by atoms with van der Waals surface area (Å²) in [6, 6.07) is 11.3. The van der Waals surface area contributed by atoms with Crippen LogP contribution in [0.5, 0.6) is 0 Å². The molecular weight excluding hydrogens is 366 g/mol. The van der Waals surface area contributed by atoms with Crippen molar-refractivity contribution in [1.29, 1.82) is 0 Å². The largest absolute Gasteiger partial charge is 0.379 e. The van der Waals surface area contributed by atoms with Crippen LogP contribution in [0.2, 0.25) is 0 Å². The Balaban J connectivity index is 1.43. The van der Waals surface area contributed by atoms with Gasteiger partial charge in [-0.05, 0) is 23.8 Å². The van der Waals surface area contributed by atoms with Crippen molar-refractivity contribution in [3.05, 3.63) is 65.5 Å². The molecule has 0 atom stereocenters. The normalized spacial score (nSPS) is 14.9. The SMILES string of the molecule is Fc1ccc(-c2nc(CNc3ccccc3CN3CCOCC3)no2)c(F)c1. The molecule has 0 radical (unpaired) electrons. The minimum absolute atomic E-state index is 0.0240. The molecule has 1 fully saturated rings. The number of morpholine rings is 1. The summed E-state index contributed by atoms with van der Waals surface area (Å²) >= 11 is 0. The minimum Gasteiger partial charge on any atom is -0.379 e. The smallest absolute Gasteiger partial charge is 0.260 e. The third-order valence-corrected chi connectivity index (χ3v) is 4.58. The van der Waals surface area contributed by atoms with Gasteiger partial charge in [-0.2, -0.15) is 4.98 Å². The first-order valence-corrected chi connectivity index (χ1v) is 9.09. The number of hydrogen-bond acceptors (Lipinski definition) is 6. The minimum atomic E-state index is -0.737. The first-order chi connectivity index (χ1) is 13.7. The molecule has 28 heavy (non-hydrogen) atoms. The molecule has 1 saturated heterocycles. The lowest BCUT2D eigenvalue weighted by molar-refractivity contribution is 0.0342. The molecule has 146 valence electrons. The monoisotopic (exact) mass is 386 g/mol. The van der Waals surface area contributed by atoms with Gasteiger partial charge in [0.25, 0.3) is 5.89 Å². The van der Waals surface area contributed by atoms with Gasteiger partial charge in [0.1, 0.15) is 11.6 Å². The van der Waals surface area contributed by atoms with E-state index in [2.05, 4.69) is 26.4 Å². The van der Waals surface area contributed by atoms with E-state index in [1.54, 1.807) is 0 Å². The van der Waals surface area contributed by atoms with Gasteiger partial charge >= 0.3 is 0 Å². The Kier molecular flexibility index (Phi) is 5.59. The summed E-state index contributed by atoms with van der Waals surface area (Å²) in [5, 5.41) is 7.19. The van der Waals surface area contributed by atoms with E-state index in [0.29, 0.717) is 12.4 Å². The molecule has 4 rings (SSSR count). The molecule has 0 saturated carbocycles. The van der Waals surface area contributed by atoms with Gasteiger partial charge in [0.2, 0.25) is 0 Å². The fraction of sp³-hybridized carbons (Fsp3) is 0.300. The van der Waals surface area contributed by atoms with Crippen molar-refractivity contribution in [2.45, 2.75) is 13.1 Å². The number of aromatic nitrogens is 2. The molecule has 3 aromatic rings. The molecule has 0 amide bonds. The highest BCUT2D eigenvalue weighted by atomic mass is 19.1. The van der Waals surface area contributed by atoms with E-state index >= 15 is 0 Å². The van der Waals surface area contributed by atoms with Crippen LogP contribution in [-0.2, 0) is 17.8 Å². The number of hydrogen-bond donors (Lipinski definition) is 1. The van der Waals surface area contributed by atoms with E-state index in [-0.39, 0.29) is 11.5 Å². The number of anilines is 1. The third kappa shape index (κ3) is 4.35. The number of benzene rings is 2. The fourth-order valence-electron chi connectivity index (χ4n) is 3.10.